The Morgan fingerprint density at radius 3 is 2.79 bits per heavy atom. The van der Waals surface area contributed by atoms with Gasteiger partial charge in [-0.25, -0.2) is 0 Å². The lowest BCUT2D eigenvalue weighted by atomic mass is 9.79. The summed E-state index contributed by atoms with van der Waals surface area (Å²) in [6, 6.07) is 9.48. The van der Waals surface area contributed by atoms with Crippen LogP contribution in [0.3, 0.4) is 0 Å². The van der Waals surface area contributed by atoms with Crippen LogP contribution in [0.15, 0.2) is 42.7 Å². The summed E-state index contributed by atoms with van der Waals surface area (Å²) in [6.07, 6.45) is 3.54. The Hall–Kier alpha value is -2.00. The maximum atomic E-state index is 12.5. The number of halogens is 1. The summed E-state index contributed by atoms with van der Waals surface area (Å²) in [5.74, 6) is -0.0887. The van der Waals surface area contributed by atoms with Gasteiger partial charge in [0.15, 0.2) is 0 Å². The fourth-order valence-corrected chi connectivity index (χ4v) is 3.45. The van der Waals surface area contributed by atoms with Crippen LogP contribution < -0.4 is 5.32 Å². The molecule has 7 heteroatoms. The normalized spacial score (nSPS) is 15.9. The van der Waals surface area contributed by atoms with Gasteiger partial charge in [0.2, 0.25) is 0 Å². The van der Waals surface area contributed by atoms with Crippen molar-refractivity contribution in [2.45, 2.75) is 5.41 Å². The topological polar surface area (TPSA) is 79.9 Å². The van der Waals surface area contributed by atoms with Gasteiger partial charge >= 0.3 is 0 Å². The Balaban J connectivity index is 1.52. The lowest BCUT2D eigenvalue weighted by Gasteiger charge is -2.41. The number of amides is 1. The summed E-state index contributed by atoms with van der Waals surface area (Å²) in [4.78, 5) is 16.6. The first-order valence-electron chi connectivity index (χ1n) is 7.58. The SMILES string of the molecule is O=C(NCC1(c2ccncc2)COC1)c1ccc2n[nH]c(I)c2c1. The second-order valence-corrected chi connectivity index (χ2v) is 7.04. The first kappa shape index (κ1) is 15.5. The zero-order chi connectivity index (χ0) is 16.6. The van der Waals surface area contributed by atoms with Crippen molar-refractivity contribution in [2.24, 2.45) is 0 Å². The number of rotatable bonds is 4. The molecule has 1 aromatic carbocycles. The minimum absolute atomic E-state index is 0.0887. The van der Waals surface area contributed by atoms with Crippen molar-refractivity contribution in [3.05, 3.63) is 57.6 Å². The van der Waals surface area contributed by atoms with E-state index in [-0.39, 0.29) is 11.3 Å². The molecule has 3 heterocycles. The summed E-state index contributed by atoms with van der Waals surface area (Å²) >= 11 is 2.18. The molecular formula is C17H15IN4O2. The third-order valence-electron chi connectivity index (χ3n) is 4.41. The number of fused-ring (bicyclic) bond motifs is 1. The van der Waals surface area contributed by atoms with Crippen LogP contribution in [0.5, 0.6) is 0 Å². The highest BCUT2D eigenvalue weighted by Crippen LogP contribution is 2.31. The smallest absolute Gasteiger partial charge is 0.251 e. The van der Waals surface area contributed by atoms with E-state index in [1.165, 1.54) is 0 Å². The Kier molecular flexibility index (Phi) is 3.97. The second kappa shape index (κ2) is 6.14. The average molecular weight is 434 g/mol. The van der Waals surface area contributed by atoms with Crippen LogP contribution >= 0.6 is 22.6 Å². The molecule has 0 radical (unpaired) electrons. The van der Waals surface area contributed by atoms with Crippen LogP contribution in [0.25, 0.3) is 10.9 Å². The predicted molar refractivity (Wildman–Crippen MR) is 97.9 cm³/mol. The van der Waals surface area contributed by atoms with E-state index in [2.05, 4.69) is 43.1 Å². The van der Waals surface area contributed by atoms with Crippen molar-refractivity contribution < 1.29 is 9.53 Å². The Bertz CT molecular complexity index is 890. The van der Waals surface area contributed by atoms with Gasteiger partial charge in [-0.3, -0.25) is 14.9 Å². The molecule has 24 heavy (non-hydrogen) atoms. The molecule has 6 nitrogen and oxygen atoms in total. The van der Waals surface area contributed by atoms with E-state index in [9.17, 15) is 4.79 Å². The number of aromatic amines is 1. The number of hydrogen-bond acceptors (Lipinski definition) is 4. The van der Waals surface area contributed by atoms with Crippen LogP contribution in [-0.4, -0.2) is 40.8 Å². The number of aromatic nitrogens is 3. The summed E-state index contributed by atoms with van der Waals surface area (Å²) in [7, 11) is 0. The summed E-state index contributed by atoms with van der Waals surface area (Å²) in [6.45, 7) is 1.75. The van der Waals surface area contributed by atoms with Crippen LogP contribution in [0.4, 0.5) is 0 Å². The van der Waals surface area contributed by atoms with Gasteiger partial charge in [-0.1, -0.05) is 0 Å². The standard InChI is InChI=1S/C17H15IN4O2/c18-15-13-7-11(1-2-14(13)21-22-15)16(23)20-8-17(9-24-10-17)12-3-5-19-6-4-12/h1-7H,8-10H2,(H,20,23)(H,21,22). The van der Waals surface area contributed by atoms with Gasteiger partial charge in [0.1, 0.15) is 3.70 Å². The summed E-state index contributed by atoms with van der Waals surface area (Å²) in [5.41, 5.74) is 2.47. The Labute approximate surface area is 152 Å². The molecule has 0 atom stereocenters. The van der Waals surface area contributed by atoms with E-state index in [0.717, 1.165) is 20.2 Å². The first-order chi connectivity index (χ1) is 11.7. The molecule has 4 rings (SSSR count). The highest BCUT2D eigenvalue weighted by atomic mass is 127. The first-order valence-corrected chi connectivity index (χ1v) is 8.66. The lowest BCUT2D eigenvalue weighted by Crippen LogP contribution is -2.54. The molecular weight excluding hydrogens is 419 g/mol. The van der Waals surface area contributed by atoms with Crippen molar-refractivity contribution in [1.29, 1.82) is 0 Å². The molecule has 0 aliphatic carbocycles. The molecule has 1 fully saturated rings. The van der Waals surface area contributed by atoms with E-state index in [0.29, 0.717) is 25.3 Å². The number of hydrogen-bond donors (Lipinski definition) is 2. The largest absolute Gasteiger partial charge is 0.379 e. The molecule has 0 bridgehead atoms. The Morgan fingerprint density at radius 1 is 1.29 bits per heavy atom. The highest BCUT2D eigenvalue weighted by Gasteiger charge is 2.40. The Morgan fingerprint density at radius 2 is 2.08 bits per heavy atom. The zero-order valence-corrected chi connectivity index (χ0v) is 14.9. The quantitative estimate of drug-likeness (QED) is 0.618. The lowest BCUT2D eigenvalue weighted by molar-refractivity contribution is -0.0580. The third-order valence-corrected chi connectivity index (χ3v) is 5.23. The van der Waals surface area contributed by atoms with Crippen molar-refractivity contribution >= 4 is 39.4 Å². The molecule has 2 aromatic heterocycles. The van der Waals surface area contributed by atoms with Gasteiger partial charge in [-0.15, -0.1) is 0 Å². The van der Waals surface area contributed by atoms with Crippen LogP contribution in [-0.2, 0) is 10.2 Å². The van der Waals surface area contributed by atoms with Crippen molar-refractivity contribution in [3.8, 4) is 0 Å². The molecule has 0 spiro atoms. The molecule has 1 aliphatic rings. The van der Waals surface area contributed by atoms with Crippen LogP contribution in [0, 0.1) is 3.70 Å². The van der Waals surface area contributed by atoms with Gasteiger partial charge in [0, 0.05) is 29.9 Å². The zero-order valence-electron chi connectivity index (χ0n) is 12.8. The van der Waals surface area contributed by atoms with Crippen molar-refractivity contribution in [1.82, 2.24) is 20.5 Å². The number of benzene rings is 1. The van der Waals surface area contributed by atoms with Gasteiger partial charge in [-0.2, -0.15) is 5.10 Å². The van der Waals surface area contributed by atoms with Crippen LogP contribution in [0.2, 0.25) is 0 Å². The molecule has 1 amide bonds. The number of nitrogens with zero attached hydrogens (tertiary/aromatic N) is 2. The number of carbonyl (C=O) groups excluding carboxylic acids is 1. The van der Waals surface area contributed by atoms with E-state index in [1.807, 2.05) is 24.3 Å². The molecule has 0 saturated carbocycles. The molecule has 122 valence electrons. The molecule has 3 aromatic rings. The second-order valence-electron chi connectivity index (χ2n) is 5.96. The highest BCUT2D eigenvalue weighted by molar-refractivity contribution is 14.1. The monoisotopic (exact) mass is 434 g/mol. The van der Waals surface area contributed by atoms with Gasteiger partial charge in [-0.05, 0) is 58.5 Å². The summed E-state index contributed by atoms with van der Waals surface area (Å²) < 4.78 is 6.34. The predicted octanol–water partition coefficient (Wildman–Crippen LogP) is 2.26. The van der Waals surface area contributed by atoms with E-state index < -0.39 is 0 Å². The number of carbonyl (C=O) groups is 1. The summed E-state index contributed by atoms with van der Waals surface area (Å²) in [5, 5.41) is 11.1. The maximum Gasteiger partial charge on any atom is 0.251 e. The molecule has 0 unspecified atom stereocenters. The molecule has 2 N–H and O–H groups in total. The van der Waals surface area contributed by atoms with Crippen LogP contribution in [0.1, 0.15) is 15.9 Å². The van der Waals surface area contributed by atoms with Crippen molar-refractivity contribution in [2.75, 3.05) is 19.8 Å². The maximum absolute atomic E-state index is 12.5. The van der Waals surface area contributed by atoms with Crippen molar-refractivity contribution in [3.63, 3.8) is 0 Å². The fourth-order valence-electron chi connectivity index (χ4n) is 2.90. The average Bonchev–Trinajstić information content (AvgIpc) is 2.95. The van der Waals surface area contributed by atoms with E-state index in [4.69, 9.17) is 4.74 Å². The van der Waals surface area contributed by atoms with Gasteiger partial charge in [0.25, 0.3) is 5.91 Å². The number of ether oxygens (including phenoxy) is 1. The minimum Gasteiger partial charge on any atom is -0.379 e. The molecule has 1 saturated heterocycles. The number of pyridine rings is 1. The fraction of sp³-hybridized carbons (Fsp3) is 0.235. The number of nitrogens with one attached hydrogen (secondary N) is 2. The van der Waals surface area contributed by atoms with E-state index in [1.54, 1.807) is 18.5 Å². The number of H-pyrrole nitrogens is 1. The minimum atomic E-state index is -0.160. The van der Waals surface area contributed by atoms with E-state index >= 15 is 0 Å². The third kappa shape index (κ3) is 2.67. The van der Waals surface area contributed by atoms with Gasteiger partial charge in [0.05, 0.1) is 24.1 Å². The van der Waals surface area contributed by atoms with Gasteiger partial charge < -0.3 is 10.1 Å². The molecule has 1 aliphatic heterocycles.